The Balaban J connectivity index is 2.65. The Morgan fingerprint density at radius 1 is 1.44 bits per heavy atom. The standard InChI is InChI=1S/C13H12BrClN2O/c1-3-9-7(2)16-12(17-13(9)18)10-6-8(14)4-5-11(10)15/h4-6H,3H2,1-2H3,(H,16,17,18). The molecule has 2 aromatic rings. The summed E-state index contributed by atoms with van der Waals surface area (Å²) >= 11 is 9.51. The molecule has 1 heterocycles. The van der Waals surface area contributed by atoms with Gasteiger partial charge in [0.05, 0.1) is 5.02 Å². The highest BCUT2D eigenvalue weighted by molar-refractivity contribution is 9.10. The Morgan fingerprint density at radius 2 is 2.17 bits per heavy atom. The van der Waals surface area contributed by atoms with E-state index in [0.29, 0.717) is 28.4 Å². The van der Waals surface area contributed by atoms with Crippen LogP contribution in [-0.2, 0) is 6.42 Å². The molecule has 94 valence electrons. The summed E-state index contributed by atoms with van der Waals surface area (Å²) in [6.07, 6.45) is 0.667. The average Bonchev–Trinajstić information content (AvgIpc) is 2.32. The van der Waals surface area contributed by atoms with E-state index in [1.54, 1.807) is 6.07 Å². The van der Waals surface area contributed by atoms with Crippen molar-refractivity contribution in [3.63, 3.8) is 0 Å². The van der Waals surface area contributed by atoms with Crippen molar-refractivity contribution in [1.29, 1.82) is 0 Å². The average molecular weight is 328 g/mol. The predicted molar refractivity (Wildman–Crippen MR) is 77.1 cm³/mol. The molecule has 5 heteroatoms. The van der Waals surface area contributed by atoms with Gasteiger partial charge >= 0.3 is 0 Å². The fourth-order valence-corrected chi connectivity index (χ4v) is 2.40. The molecule has 3 nitrogen and oxygen atoms in total. The van der Waals surface area contributed by atoms with Crippen LogP contribution in [-0.4, -0.2) is 9.97 Å². The van der Waals surface area contributed by atoms with Crippen LogP contribution >= 0.6 is 27.5 Å². The molecule has 0 spiro atoms. The highest BCUT2D eigenvalue weighted by atomic mass is 79.9. The quantitative estimate of drug-likeness (QED) is 0.913. The highest BCUT2D eigenvalue weighted by Crippen LogP contribution is 2.28. The molecule has 0 saturated heterocycles. The van der Waals surface area contributed by atoms with Crippen molar-refractivity contribution in [2.45, 2.75) is 20.3 Å². The zero-order valence-corrected chi connectivity index (χ0v) is 12.4. The maximum Gasteiger partial charge on any atom is 0.254 e. The van der Waals surface area contributed by atoms with E-state index in [0.717, 1.165) is 10.2 Å². The van der Waals surface area contributed by atoms with Gasteiger partial charge in [-0.3, -0.25) is 4.79 Å². The molecule has 0 amide bonds. The summed E-state index contributed by atoms with van der Waals surface area (Å²) in [4.78, 5) is 19.1. The van der Waals surface area contributed by atoms with Crippen molar-refractivity contribution in [3.8, 4) is 11.4 Å². The van der Waals surface area contributed by atoms with E-state index in [2.05, 4.69) is 25.9 Å². The maximum absolute atomic E-state index is 11.9. The number of nitrogens with one attached hydrogen (secondary N) is 1. The van der Waals surface area contributed by atoms with Crippen LogP contribution in [0.3, 0.4) is 0 Å². The van der Waals surface area contributed by atoms with E-state index in [1.807, 2.05) is 26.0 Å². The predicted octanol–water partition coefficient (Wildman–Crippen LogP) is 3.72. The second-order valence-electron chi connectivity index (χ2n) is 3.96. The van der Waals surface area contributed by atoms with E-state index in [1.165, 1.54) is 0 Å². The lowest BCUT2D eigenvalue weighted by Crippen LogP contribution is -2.16. The molecule has 18 heavy (non-hydrogen) atoms. The van der Waals surface area contributed by atoms with Crippen LogP contribution in [0.5, 0.6) is 0 Å². The summed E-state index contributed by atoms with van der Waals surface area (Å²) in [5.41, 5.74) is 2.07. The third-order valence-corrected chi connectivity index (χ3v) is 3.58. The number of hydrogen-bond donors (Lipinski definition) is 1. The molecule has 0 aliphatic carbocycles. The zero-order valence-electron chi connectivity index (χ0n) is 10.1. The van der Waals surface area contributed by atoms with Gasteiger partial charge in [-0.2, -0.15) is 0 Å². The molecule has 0 unspecified atom stereocenters. The van der Waals surface area contributed by atoms with Gasteiger partial charge in [0.15, 0.2) is 0 Å². The van der Waals surface area contributed by atoms with Gasteiger partial charge in [0.1, 0.15) is 5.82 Å². The van der Waals surface area contributed by atoms with Crippen molar-refractivity contribution in [2.75, 3.05) is 0 Å². The number of aryl methyl sites for hydroxylation is 1. The first-order valence-electron chi connectivity index (χ1n) is 5.58. The second kappa shape index (κ2) is 5.24. The van der Waals surface area contributed by atoms with Gasteiger partial charge in [0, 0.05) is 21.3 Å². The Hall–Kier alpha value is -1.13. The molecule has 0 bridgehead atoms. The zero-order chi connectivity index (χ0) is 13.3. The second-order valence-corrected chi connectivity index (χ2v) is 5.28. The van der Waals surface area contributed by atoms with Gasteiger partial charge in [-0.1, -0.05) is 34.5 Å². The number of aromatic nitrogens is 2. The number of H-pyrrole nitrogens is 1. The van der Waals surface area contributed by atoms with E-state index in [9.17, 15) is 4.79 Å². The lowest BCUT2D eigenvalue weighted by molar-refractivity contribution is 0.968. The van der Waals surface area contributed by atoms with Gasteiger partial charge in [0.25, 0.3) is 5.56 Å². The van der Waals surface area contributed by atoms with Crippen LogP contribution in [0.1, 0.15) is 18.2 Å². The lowest BCUT2D eigenvalue weighted by atomic mass is 10.1. The Morgan fingerprint density at radius 3 is 2.78 bits per heavy atom. The Kier molecular flexibility index (Phi) is 3.88. The topological polar surface area (TPSA) is 45.8 Å². The van der Waals surface area contributed by atoms with E-state index in [-0.39, 0.29) is 5.56 Å². The molecule has 1 aromatic carbocycles. The Labute approximate surface area is 118 Å². The number of nitrogens with zero attached hydrogens (tertiary/aromatic N) is 1. The molecule has 2 rings (SSSR count). The number of halogens is 2. The van der Waals surface area contributed by atoms with Gasteiger partial charge in [-0.25, -0.2) is 4.98 Å². The smallest absolute Gasteiger partial charge is 0.254 e. The SMILES string of the molecule is CCc1c(C)nc(-c2cc(Br)ccc2Cl)[nH]c1=O. The minimum atomic E-state index is -0.101. The fourth-order valence-electron chi connectivity index (χ4n) is 1.83. The number of aromatic amines is 1. The monoisotopic (exact) mass is 326 g/mol. The number of hydrogen-bond acceptors (Lipinski definition) is 2. The molecule has 0 fully saturated rings. The normalized spacial score (nSPS) is 10.7. The summed E-state index contributed by atoms with van der Waals surface area (Å²) in [7, 11) is 0. The van der Waals surface area contributed by atoms with Gasteiger partial charge < -0.3 is 4.98 Å². The van der Waals surface area contributed by atoms with Crippen LogP contribution in [0.2, 0.25) is 5.02 Å². The minimum Gasteiger partial charge on any atom is -0.306 e. The largest absolute Gasteiger partial charge is 0.306 e. The summed E-state index contributed by atoms with van der Waals surface area (Å²) in [5.74, 6) is 0.501. The van der Waals surface area contributed by atoms with Crippen molar-refractivity contribution in [3.05, 3.63) is 49.3 Å². The first-order chi connectivity index (χ1) is 8.52. The van der Waals surface area contributed by atoms with Gasteiger partial charge in [0.2, 0.25) is 0 Å². The number of rotatable bonds is 2. The molecule has 1 N–H and O–H groups in total. The van der Waals surface area contributed by atoms with Gasteiger partial charge in [-0.05, 0) is 31.5 Å². The maximum atomic E-state index is 11.9. The van der Waals surface area contributed by atoms with Crippen molar-refractivity contribution in [2.24, 2.45) is 0 Å². The van der Waals surface area contributed by atoms with Crippen molar-refractivity contribution >= 4 is 27.5 Å². The summed E-state index contributed by atoms with van der Waals surface area (Å²) in [6.45, 7) is 3.77. The van der Waals surface area contributed by atoms with Crippen LogP contribution < -0.4 is 5.56 Å². The Bertz CT molecular complexity index is 652. The minimum absolute atomic E-state index is 0.101. The summed E-state index contributed by atoms with van der Waals surface area (Å²) in [6, 6.07) is 5.45. The third kappa shape index (κ3) is 2.49. The van der Waals surface area contributed by atoms with Crippen molar-refractivity contribution in [1.82, 2.24) is 9.97 Å². The highest BCUT2D eigenvalue weighted by Gasteiger charge is 2.10. The summed E-state index contributed by atoms with van der Waals surface area (Å²) < 4.78 is 0.891. The van der Waals surface area contributed by atoms with E-state index < -0.39 is 0 Å². The summed E-state index contributed by atoms with van der Waals surface area (Å²) in [5, 5.41) is 0.560. The molecular formula is C13H12BrClN2O. The fraction of sp³-hybridized carbons (Fsp3) is 0.231. The lowest BCUT2D eigenvalue weighted by Gasteiger charge is -2.07. The van der Waals surface area contributed by atoms with Gasteiger partial charge in [-0.15, -0.1) is 0 Å². The van der Waals surface area contributed by atoms with E-state index in [4.69, 9.17) is 11.6 Å². The first kappa shape index (κ1) is 13.3. The number of benzene rings is 1. The first-order valence-corrected chi connectivity index (χ1v) is 6.75. The molecule has 0 saturated carbocycles. The van der Waals surface area contributed by atoms with Crippen molar-refractivity contribution < 1.29 is 0 Å². The van der Waals surface area contributed by atoms with Crippen LogP contribution in [0.25, 0.3) is 11.4 Å². The van der Waals surface area contributed by atoms with Crippen LogP contribution in [0.4, 0.5) is 0 Å². The molecular weight excluding hydrogens is 316 g/mol. The van der Waals surface area contributed by atoms with Crippen LogP contribution in [0, 0.1) is 6.92 Å². The molecule has 1 aromatic heterocycles. The molecule has 0 aliphatic rings. The molecule has 0 aliphatic heterocycles. The van der Waals surface area contributed by atoms with Crippen LogP contribution in [0.15, 0.2) is 27.5 Å². The third-order valence-electron chi connectivity index (χ3n) is 2.76. The van der Waals surface area contributed by atoms with E-state index >= 15 is 0 Å². The molecule has 0 radical (unpaired) electrons. The molecule has 0 atom stereocenters.